The third-order valence-electron chi connectivity index (χ3n) is 2.23. The molecule has 0 atom stereocenters. The van der Waals surface area contributed by atoms with Crippen LogP contribution in [0.15, 0.2) is 0 Å². The van der Waals surface area contributed by atoms with Crippen molar-refractivity contribution < 1.29 is 13.2 Å². The second-order valence-electron chi connectivity index (χ2n) is 3.49. The van der Waals surface area contributed by atoms with Gasteiger partial charge < -0.3 is 5.73 Å². The molecule has 17 heavy (non-hydrogen) atoms. The molecule has 0 radical (unpaired) electrons. The summed E-state index contributed by atoms with van der Waals surface area (Å²) in [6, 6.07) is 0. The SMILES string of the molecule is Cc1nc2nc(N)nc(C(F)(F)F)c2nc1C. The van der Waals surface area contributed by atoms with E-state index in [0.29, 0.717) is 11.4 Å². The summed E-state index contributed by atoms with van der Waals surface area (Å²) < 4.78 is 38.1. The lowest BCUT2D eigenvalue weighted by Crippen LogP contribution is -2.14. The van der Waals surface area contributed by atoms with Gasteiger partial charge in [0, 0.05) is 0 Å². The number of hydrogen-bond donors (Lipinski definition) is 1. The Hall–Kier alpha value is -1.99. The van der Waals surface area contributed by atoms with Crippen LogP contribution in [0.25, 0.3) is 11.2 Å². The Morgan fingerprint density at radius 2 is 1.53 bits per heavy atom. The van der Waals surface area contributed by atoms with Crippen LogP contribution in [0, 0.1) is 13.8 Å². The first-order valence-corrected chi connectivity index (χ1v) is 4.64. The minimum Gasteiger partial charge on any atom is -0.368 e. The third-order valence-corrected chi connectivity index (χ3v) is 2.23. The number of nitrogens with zero attached hydrogens (tertiary/aromatic N) is 4. The highest BCUT2D eigenvalue weighted by Gasteiger charge is 2.36. The number of fused-ring (bicyclic) bond motifs is 1. The van der Waals surface area contributed by atoms with Crippen molar-refractivity contribution in [3.63, 3.8) is 0 Å². The predicted octanol–water partition coefficient (Wildman–Crippen LogP) is 1.64. The van der Waals surface area contributed by atoms with Crippen molar-refractivity contribution in [2.75, 3.05) is 5.73 Å². The molecule has 2 aromatic heterocycles. The van der Waals surface area contributed by atoms with Crippen LogP contribution < -0.4 is 5.73 Å². The lowest BCUT2D eigenvalue weighted by molar-refractivity contribution is -0.139. The summed E-state index contributed by atoms with van der Waals surface area (Å²) in [7, 11) is 0. The molecule has 0 spiro atoms. The van der Waals surface area contributed by atoms with Crippen LogP contribution in [0.1, 0.15) is 17.1 Å². The summed E-state index contributed by atoms with van der Waals surface area (Å²) in [4.78, 5) is 14.6. The number of anilines is 1. The van der Waals surface area contributed by atoms with Crippen molar-refractivity contribution >= 4 is 17.1 Å². The molecule has 0 fully saturated rings. The first-order valence-electron chi connectivity index (χ1n) is 4.64. The lowest BCUT2D eigenvalue weighted by Gasteiger charge is -2.09. The molecular weight excluding hydrogens is 235 g/mol. The van der Waals surface area contributed by atoms with Gasteiger partial charge in [-0.25, -0.2) is 15.0 Å². The Labute approximate surface area is 93.9 Å². The monoisotopic (exact) mass is 243 g/mol. The van der Waals surface area contributed by atoms with Gasteiger partial charge in [0.15, 0.2) is 11.3 Å². The zero-order valence-corrected chi connectivity index (χ0v) is 9.00. The number of nitrogens with two attached hydrogens (primary N) is 1. The molecule has 2 heterocycles. The van der Waals surface area contributed by atoms with E-state index in [1.165, 1.54) is 0 Å². The van der Waals surface area contributed by atoms with Gasteiger partial charge in [-0.3, -0.25) is 0 Å². The maximum absolute atomic E-state index is 12.7. The topological polar surface area (TPSA) is 77.6 Å². The van der Waals surface area contributed by atoms with Gasteiger partial charge >= 0.3 is 6.18 Å². The summed E-state index contributed by atoms with van der Waals surface area (Å²) >= 11 is 0. The van der Waals surface area contributed by atoms with Crippen LogP contribution in [0.2, 0.25) is 0 Å². The Kier molecular flexibility index (Phi) is 2.37. The molecule has 0 aliphatic rings. The van der Waals surface area contributed by atoms with E-state index in [9.17, 15) is 13.2 Å². The van der Waals surface area contributed by atoms with Crippen LogP contribution >= 0.6 is 0 Å². The van der Waals surface area contributed by atoms with Crippen molar-refractivity contribution in [2.24, 2.45) is 0 Å². The quantitative estimate of drug-likeness (QED) is 0.761. The average Bonchev–Trinajstić information content (AvgIpc) is 2.18. The van der Waals surface area contributed by atoms with E-state index in [1.807, 2.05) is 0 Å². The zero-order chi connectivity index (χ0) is 12.8. The third kappa shape index (κ3) is 1.97. The van der Waals surface area contributed by atoms with E-state index in [0.717, 1.165) is 0 Å². The molecule has 8 heteroatoms. The van der Waals surface area contributed by atoms with Gasteiger partial charge in [0.2, 0.25) is 5.95 Å². The fraction of sp³-hybridized carbons (Fsp3) is 0.333. The van der Waals surface area contributed by atoms with Gasteiger partial charge in [0.05, 0.1) is 11.4 Å². The van der Waals surface area contributed by atoms with Gasteiger partial charge in [-0.15, -0.1) is 0 Å². The van der Waals surface area contributed by atoms with E-state index < -0.39 is 17.8 Å². The van der Waals surface area contributed by atoms with Gasteiger partial charge in [0.25, 0.3) is 0 Å². The zero-order valence-electron chi connectivity index (χ0n) is 9.00. The van der Waals surface area contributed by atoms with Crippen molar-refractivity contribution in [3.05, 3.63) is 17.1 Å². The van der Waals surface area contributed by atoms with E-state index in [1.54, 1.807) is 13.8 Å². The van der Waals surface area contributed by atoms with Gasteiger partial charge in [-0.05, 0) is 13.8 Å². The Balaban J connectivity index is 2.88. The van der Waals surface area contributed by atoms with Crippen LogP contribution in [-0.4, -0.2) is 19.9 Å². The van der Waals surface area contributed by atoms with Crippen molar-refractivity contribution in [1.29, 1.82) is 0 Å². The summed E-state index contributed by atoms with van der Waals surface area (Å²) in [6.07, 6.45) is -4.63. The smallest absolute Gasteiger partial charge is 0.368 e. The Morgan fingerprint density at radius 1 is 0.941 bits per heavy atom. The maximum Gasteiger partial charge on any atom is 0.435 e. The number of halogens is 3. The minimum atomic E-state index is -4.63. The Morgan fingerprint density at radius 3 is 2.12 bits per heavy atom. The fourth-order valence-electron chi connectivity index (χ4n) is 1.33. The first-order chi connectivity index (χ1) is 7.79. The van der Waals surface area contributed by atoms with Crippen molar-refractivity contribution in [1.82, 2.24) is 19.9 Å². The van der Waals surface area contributed by atoms with Crippen LogP contribution in [-0.2, 0) is 6.18 Å². The second kappa shape index (κ2) is 3.51. The van der Waals surface area contributed by atoms with Crippen molar-refractivity contribution in [3.8, 4) is 0 Å². The number of rotatable bonds is 0. The number of aromatic nitrogens is 4. The molecule has 2 aromatic rings. The molecule has 0 unspecified atom stereocenters. The molecule has 90 valence electrons. The van der Waals surface area contributed by atoms with Crippen LogP contribution in [0.4, 0.5) is 19.1 Å². The average molecular weight is 243 g/mol. The summed E-state index contributed by atoms with van der Waals surface area (Å²) in [5, 5.41) is 0. The van der Waals surface area contributed by atoms with Crippen LogP contribution in [0.5, 0.6) is 0 Å². The van der Waals surface area contributed by atoms with Crippen molar-refractivity contribution in [2.45, 2.75) is 20.0 Å². The number of aryl methyl sites for hydroxylation is 2. The lowest BCUT2D eigenvalue weighted by atomic mass is 10.3. The molecule has 0 aliphatic heterocycles. The van der Waals surface area contributed by atoms with E-state index in [2.05, 4.69) is 19.9 Å². The van der Waals surface area contributed by atoms with E-state index in [4.69, 9.17) is 5.73 Å². The summed E-state index contributed by atoms with van der Waals surface area (Å²) in [5.74, 6) is -0.470. The number of nitrogen functional groups attached to an aromatic ring is 1. The summed E-state index contributed by atoms with van der Waals surface area (Å²) in [6.45, 7) is 3.20. The van der Waals surface area contributed by atoms with Gasteiger partial charge in [-0.1, -0.05) is 0 Å². The predicted molar refractivity (Wildman–Crippen MR) is 54.0 cm³/mol. The first kappa shape index (κ1) is 11.5. The van der Waals surface area contributed by atoms with Crippen LogP contribution in [0.3, 0.4) is 0 Å². The molecule has 0 aromatic carbocycles. The van der Waals surface area contributed by atoms with Gasteiger partial charge in [-0.2, -0.15) is 18.2 Å². The molecule has 2 rings (SSSR count). The molecule has 5 nitrogen and oxygen atoms in total. The molecule has 0 saturated carbocycles. The second-order valence-corrected chi connectivity index (χ2v) is 3.49. The highest BCUT2D eigenvalue weighted by Crippen LogP contribution is 2.32. The fourth-order valence-corrected chi connectivity index (χ4v) is 1.33. The molecule has 0 saturated heterocycles. The minimum absolute atomic E-state index is 0.145. The standard InChI is InChI=1S/C9H8F3N5/c1-3-4(2)15-7-5(14-3)6(9(10,11)12)16-8(13)17-7/h1-2H3,(H2,13,15,16,17). The van der Waals surface area contributed by atoms with E-state index in [-0.39, 0.29) is 11.2 Å². The van der Waals surface area contributed by atoms with E-state index >= 15 is 0 Å². The molecule has 0 aliphatic carbocycles. The number of alkyl halides is 3. The molecular formula is C9H8F3N5. The highest BCUT2D eigenvalue weighted by molar-refractivity contribution is 5.74. The normalized spacial score (nSPS) is 12.1. The number of hydrogen-bond acceptors (Lipinski definition) is 5. The van der Waals surface area contributed by atoms with Gasteiger partial charge in [0.1, 0.15) is 5.52 Å². The maximum atomic E-state index is 12.7. The molecule has 2 N–H and O–H groups in total. The Bertz CT molecular complexity index is 593. The largest absolute Gasteiger partial charge is 0.435 e. The molecule has 0 bridgehead atoms. The molecule has 0 amide bonds. The summed E-state index contributed by atoms with van der Waals surface area (Å²) in [5.41, 5.74) is 4.44. The highest BCUT2D eigenvalue weighted by atomic mass is 19.4.